The predicted octanol–water partition coefficient (Wildman–Crippen LogP) is 2.80. The van der Waals surface area contributed by atoms with Crippen LogP contribution >= 0.6 is 11.6 Å². The third-order valence-electron chi connectivity index (χ3n) is 2.74. The van der Waals surface area contributed by atoms with E-state index in [9.17, 15) is 0 Å². The molecule has 1 N–H and O–H groups in total. The van der Waals surface area contributed by atoms with Crippen molar-refractivity contribution in [3.63, 3.8) is 0 Å². The number of nitriles is 1. The van der Waals surface area contributed by atoms with Crippen LogP contribution in [0.5, 0.6) is 0 Å². The lowest BCUT2D eigenvalue weighted by atomic mass is 10.1. The number of benzene rings is 1. The van der Waals surface area contributed by atoms with Gasteiger partial charge in [0.2, 0.25) is 0 Å². The van der Waals surface area contributed by atoms with Gasteiger partial charge in [-0.15, -0.1) is 0 Å². The summed E-state index contributed by atoms with van der Waals surface area (Å²) < 4.78 is 5.44. The second kappa shape index (κ2) is 6.85. The number of rotatable bonds is 5. The summed E-state index contributed by atoms with van der Waals surface area (Å²) in [6.45, 7) is 0.525. The van der Waals surface area contributed by atoms with E-state index in [4.69, 9.17) is 21.6 Å². The van der Waals surface area contributed by atoms with Crippen molar-refractivity contribution in [3.05, 3.63) is 52.9 Å². The van der Waals surface area contributed by atoms with Crippen molar-refractivity contribution in [2.24, 2.45) is 0 Å². The van der Waals surface area contributed by atoms with Crippen LogP contribution in [-0.2, 0) is 4.74 Å². The number of methoxy groups -OCH3 is 1. The lowest BCUT2D eigenvalue weighted by molar-refractivity contribution is 0.114. The van der Waals surface area contributed by atoms with Gasteiger partial charge in [-0.05, 0) is 17.7 Å². The lowest BCUT2D eigenvalue weighted by Crippen LogP contribution is -2.15. The summed E-state index contributed by atoms with van der Waals surface area (Å²) >= 11 is 5.97. The molecule has 0 amide bonds. The highest BCUT2D eigenvalue weighted by molar-refractivity contribution is 6.30. The number of hydrogen-bond donors (Lipinski definition) is 1. The number of halogens is 1. The largest absolute Gasteiger partial charge is 0.375 e. The minimum Gasteiger partial charge on any atom is -0.375 e. The Morgan fingerprint density at radius 2 is 2.25 bits per heavy atom. The van der Waals surface area contributed by atoms with Gasteiger partial charge in [0.15, 0.2) is 5.69 Å². The Hall–Kier alpha value is -2.16. The van der Waals surface area contributed by atoms with Crippen molar-refractivity contribution < 1.29 is 4.74 Å². The molecule has 1 atom stereocenters. The molecule has 0 spiro atoms. The Kier molecular flexibility index (Phi) is 4.88. The molecule has 20 heavy (non-hydrogen) atoms. The maximum atomic E-state index is 8.65. The molecule has 0 saturated carbocycles. The first-order chi connectivity index (χ1) is 9.72. The van der Waals surface area contributed by atoms with Gasteiger partial charge in [-0.2, -0.15) is 5.26 Å². The zero-order valence-corrected chi connectivity index (χ0v) is 11.6. The molecule has 1 unspecified atom stereocenters. The second-order valence-electron chi connectivity index (χ2n) is 4.06. The monoisotopic (exact) mass is 288 g/mol. The van der Waals surface area contributed by atoms with Crippen LogP contribution in [0.1, 0.15) is 17.4 Å². The van der Waals surface area contributed by atoms with Crippen molar-refractivity contribution in [1.82, 2.24) is 9.97 Å². The number of aromatic nitrogens is 2. The van der Waals surface area contributed by atoms with Gasteiger partial charge in [-0.25, -0.2) is 9.97 Å². The lowest BCUT2D eigenvalue weighted by Gasteiger charge is -2.17. The van der Waals surface area contributed by atoms with E-state index in [2.05, 4.69) is 15.3 Å². The molecule has 5 nitrogen and oxygen atoms in total. The molecule has 2 aromatic rings. The maximum Gasteiger partial charge on any atom is 0.158 e. The number of nitrogens with one attached hydrogen (secondary N) is 1. The van der Waals surface area contributed by atoms with Gasteiger partial charge in [-0.1, -0.05) is 23.7 Å². The van der Waals surface area contributed by atoms with E-state index in [0.717, 1.165) is 5.56 Å². The molecule has 2 rings (SSSR count). The van der Waals surface area contributed by atoms with Gasteiger partial charge in [0, 0.05) is 18.7 Å². The van der Waals surface area contributed by atoms with E-state index in [0.29, 0.717) is 17.4 Å². The molecule has 1 aromatic heterocycles. The van der Waals surface area contributed by atoms with Crippen molar-refractivity contribution in [2.75, 3.05) is 19.0 Å². The van der Waals surface area contributed by atoms with E-state index in [1.165, 1.54) is 12.4 Å². The molecule has 0 fully saturated rings. The highest BCUT2D eigenvalue weighted by Crippen LogP contribution is 2.20. The first kappa shape index (κ1) is 14.3. The van der Waals surface area contributed by atoms with Gasteiger partial charge in [0.05, 0.1) is 18.5 Å². The molecule has 6 heteroatoms. The Bertz CT molecular complexity index is 609. The van der Waals surface area contributed by atoms with Crippen LogP contribution in [0, 0.1) is 11.3 Å². The fraction of sp³-hybridized carbons (Fsp3) is 0.214. The number of ether oxygens (including phenoxy) is 1. The second-order valence-corrected chi connectivity index (χ2v) is 4.50. The van der Waals surface area contributed by atoms with Gasteiger partial charge in [0.25, 0.3) is 0 Å². The highest BCUT2D eigenvalue weighted by atomic mass is 35.5. The first-order valence-electron chi connectivity index (χ1n) is 5.97. The van der Waals surface area contributed by atoms with Crippen molar-refractivity contribution in [2.45, 2.75) is 6.10 Å². The average Bonchev–Trinajstić information content (AvgIpc) is 2.48. The van der Waals surface area contributed by atoms with E-state index < -0.39 is 0 Å². The number of hydrogen-bond acceptors (Lipinski definition) is 5. The third kappa shape index (κ3) is 3.67. The summed E-state index contributed by atoms with van der Waals surface area (Å²) in [7, 11) is 1.64. The molecule has 1 aromatic carbocycles. The molecule has 0 aliphatic carbocycles. The van der Waals surface area contributed by atoms with Crippen molar-refractivity contribution >= 4 is 17.4 Å². The van der Waals surface area contributed by atoms with Crippen LogP contribution in [0.3, 0.4) is 0 Å². The van der Waals surface area contributed by atoms with Gasteiger partial charge in [-0.3, -0.25) is 0 Å². The third-order valence-corrected chi connectivity index (χ3v) is 2.98. The Labute approximate surface area is 122 Å². The van der Waals surface area contributed by atoms with Crippen molar-refractivity contribution in [1.29, 1.82) is 5.26 Å². The van der Waals surface area contributed by atoms with E-state index in [1.54, 1.807) is 7.11 Å². The summed E-state index contributed by atoms with van der Waals surface area (Å²) in [6, 6.07) is 9.43. The molecular formula is C14H13ClN4O. The standard InChI is InChI=1S/C14H13ClN4O/c1-20-13(10-3-2-4-11(15)5-10)8-19-14-9-17-12(6-16)7-18-14/h2-5,7,9,13H,8H2,1H3,(H,18,19). The molecule has 1 heterocycles. The average molecular weight is 289 g/mol. The smallest absolute Gasteiger partial charge is 0.158 e. The first-order valence-corrected chi connectivity index (χ1v) is 6.35. The van der Waals surface area contributed by atoms with Gasteiger partial charge in [0.1, 0.15) is 11.9 Å². The van der Waals surface area contributed by atoms with E-state index in [-0.39, 0.29) is 11.8 Å². The molecular weight excluding hydrogens is 276 g/mol. The topological polar surface area (TPSA) is 70.8 Å². The molecule has 0 aliphatic heterocycles. The molecule has 0 radical (unpaired) electrons. The zero-order valence-electron chi connectivity index (χ0n) is 10.9. The van der Waals surface area contributed by atoms with Crippen LogP contribution in [0.4, 0.5) is 5.82 Å². The van der Waals surface area contributed by atoms with Gasteiger partial charge >= 0.3 is 0 Å². The fourth-order valence-electron chi connectivity index (χ4n) is 1.72. The quantitative estimate of drug-likeness (QED) is 0.916. The summed E-state index contributed by atoms with van der Waals surface area (Å²) in [5.41, 5.74) is 1.27. The Morgan fingerprint density at radius 3 is 2.85 bits per heavy atom. The normalized spacial score (nSPS) is 11.7. The zero-order chi connectivity index (χ0) is 14.4. The molecule has 0 aliphatic rings. The van der Waals surface area contributed by atoms with Crippen molar-refractivity contribution in [3.8, 4) is 6.07 Å². The Balaban J connectivity index is 2.02. The van der Waals surface area contributed by atoms with E-state index in [1.807, 2.05) is 30.3 Å². The molecule has 0 saturated heterocycles. The highest BCUT2D eigenvalue weighted by Gasteiger charge is 2.11. The number of nitrogens with zero attached hydrogens (tertiary/aromatic N) is 3. The summed E-state index contributed by atoms with van der Waals surface area (Å²) in [6.07, 6.45) is 2.79. The van der Waals surface area contributed by atoms with Crippen LogP contribution in [0.2, 0.25) is 5.02 Å². The minimum atomic E-state index is -0.147. The summed E-state index contributed by atoms with van der Waals surface area (Å²) in [5, 5.41) is 12.4. The summed E-state index contributed by atoms with van der Waals surface area (Å²) in [5.74, 6) is 0.591. The van der Waals surface area contributed by atoms with E-state index >= 15 is 0 Å². The van der Waals surface area contributed by atoms with Crippen LogP contribution < -0.4 is 5.32 Å². The van der Waals surface area contributed by atoms with Crippen LogP contribution in [0.15, 0.2) is 36.7 Å². The molecule has 102 valence electrons. The van der Waals surface area contributed by atoms with Crippen LogP contribution in [-0.4, -0.2) is 23.6 Å². The SMILES string of the molecule is COC(CNc1cnc(C#N)cn1)c1cccc(Cl)c1. The van der Waals surface area contributed by atoms with Crippen LogP contribution in [0.25, 0.3) is 0 Å². The fourth-order valence-corrected chi connectivity index (χ4v) is 1.92. The Morgan fingerprint density at radius 1 is 1.40 bits per heavy atom. The predicted molar refractivity (Wildman–Crippen MR) is 76.4 cm³/mol. The summed E-state index contributed by atoms with van der Waals surface area (Å²) in [4.78, 5) is 8.03. The number of anilines is 1. The molecule has 0 bridgehead atoms. The van der Waals surface area contributed by atoms with Gasteiger partial charge < -0.3 is 10.1 Å². The minimum absolute atomic E-state index is 0.147. The maximum absolute atomic E-state index is 8.65.